The van der Waals surface area contributed by atoms with Crippen molar-refractivity contribution >= 4 is 0 Å². The van der Waals surface area contributed by atoms with E-state index >= 15 is 0 Å². The molecule has 0 bridgehead atoms. The molecule has 0 unspecified atom stereocenters. The third kappa shape index (κ3) is 18.4. The molecule has 22 heavy (non-hydrogen) atoms. The number of halogens is 1. The van der Waals surface area contributed by atoms with Crippen LogP contribution in [0.1, 0.15) is 45.4 Å². The summed E-state index contributed by atoms with van der Waals surface area (Å²) >= 11 is 0. The molecule has 5 heteroatoms. The second-order valence-electron chi connectivity index (χ2n) is 6.37. The van der Waals surface area contributed by atoms with E-state index in [2.05, 4.69) is 21.0 Å². The normalized spacial score (nSPS) is 11.5. The lowest BCUT2D eigenvalue weighted by Crippen LogP contribution is -3.00. The first-order chi connectivity index (χ1) is 10.1. The summed E-state index contributed by atoms with van der Waals surface area (Å²) in [6.07, 6.45) is 8.21. The van der Waals surface area contributed by atoms with E-state index in [-0.39, 0.29) is 17.0 Å². The largest absolute Gasteiger partial charge is 1.00 e. The highest BCUT2D eigenvalue weighted by Crippen LogP contribution is 2.08. The maximum atomic E-state index is 5.63. The van der Waals surface area contributed by atoms with Gasteiger partial charge in [-0.1, -0.05) is 32.6 Å². The van der Waals surface area contributed by atoms with E-state index in [4.69, 9.17) is 14.2 Å². The summed E-state index contributed by atoms with van der Waals surface area (Å²) in [6, 6.07) is 0. The van der Waals surface area contributed by atoms with E-state index in [0.717, 1.165) is 17.6 Å². The van der Waals surface area contributed by atoms with Crippen LogP contribution in [-0.4, -0.2) is 71.8 Å². The number of hydrogen-bond acceptors (Lipinski definition) is 3. The molecular formula is C17H38BrNO3. The molecule has 0 spiro atoms. The first-order valence-corrected chi connectivity index (χ1v) is 8.59. The zero-order chi connectivity index (χ0) is 15.8. The monoisotopic (exact) mass is 383 g/mol. The van der Waals surface area contributed by atoms with Crippen molar-refractivity contribution in [2.24, 2.45) is 0 Å². The van der Waals surface area contributed by atoms with Crippen molar-refractivity contribution in [1.29, 1.82) is 0 Å². The summed E-state index contributed by atoms with van der Waals surface area (Å²) < 4.78 is 17.0. The van der Waals surface area contributed by atoms with E-state index in [0.29, 0.717) is 26.4 Å². The predicted octanol–water partition coefficient (Wildman–Crippen LogP) is 0.107. The van der Waals surface area contributed by atoms with Gasteiger partial charge in [-0.2, -0.15) is 0 Å². The Balaban J connectivity index is 0. The average Bonchev–Trinajstić information content (AvgIpc) is 2.45. The van der Waals surface area contributed by atoms with E-state index in [1.54, 1.807) is 7.11 Å². The Hall–Kier alpha value is 0.320. The lowest BCUT2D eigenvalue weighted by molar-refractivity contribution is -0.891. The van der Waals surface area contributed by atoms with Crippen LogP contribution in [0.5, 0.6) is 0 Å². The van der Waals surface area contributed by atoms with Crippen molar-refractivity contribution in [2.75, 3.05) is 67.3 Å². The van der Waals surface area contributed by atoms with Crippen LogP contribution in [0.3, 0.4) is 0 Å². The molecule has 0 atom stereocenters. The van der Waals surface area contributed by atoms with E-state index < -0.39 is 0 Å². The van der Waals surface area contributed by atoms with Gasteiger partial charge >= 0.3 is 0 Å². The van der Waals surface area contributed by atoms with Crippen LogP contribution in [-0.2, 0) is 14.2 Å². The molecule has 0 radical (unpaired) electrons. The molecule has 0 aromatic heterocycles. The Morgan fingerprint density at radius 2 is 1.23 bits per heavy atom. The molecule has 0 heterocycles. The van der Waals surface area contributed by atoms with E-state index in [9.17, 15) is 0 Å². The van der Waals surface area contributed by atoms with Gasteiger partial charge in [0.2, 0.25) is 0 Å². The molecule has 0 fully saturated rings. The summed E-state index contributed by atoms with van der Waals surface area (Å²) in [7, 11) is 6.28. The van der Waals surface area contributed by atoms with Crippen molar-refractivity contribution < 1.29 is 35.7 Å². The quantitative estimate of drug-likeness (QED) is 0.279. The Kier molecular flexibility index (Phi) is 19.7. The molecule has 0 saturated heterocycles. The number of hydrogen-bond donors (Lipinski definition) is 0. The van der Waals surface area contributed by atoms with Gasteiger partial charge in [0, 0.05) is 7.11 Å². The van der Waals surface area contributed by atoms with Crippen molar-refractivity contribution in [3.8, 4) is 0 Å². The fraction of sp³-hybridized carbons (Fsp3) is 1.00. The van der Waals surface area contributed by atoms with Gasteiger partial charge in [0.1, 0.15) is 6.54 Å². The first-order valence-electron chi connectivity index (χ1n) is 8.59. The Labute approximate surface area is 148 Å². The fourth-order valence-electron chi connectivity index (χ4n) is 2.21. The number of ether oxygens (including phenoxy) is 3. The van der Waals surface area contributed by atoms with Gasteiger partial charge in [0.05, 0.1) is 53.7 Å². The third-order valence-corrected chi connectivity index (χ3v) is 3.76. The average molecular weight is 384 g/mol. The molecular weight excluding hydrogens is 346 g/mol. The highest BCUT2D eigenvalue weighted by molar-refractivity contribution is 4.44. The lowest BCUT2D eigenvalue weighted by Gasteiger charge is -2.29. The second-order valence-corrected chi connectivity index (χ2v) is 6.37. The number of rotatable bonds is 16. The highest BCUT2D eigenvalue weighted by atomic mass is 79.9. The summed E-state index contributed by atoms with van der Waals surface area (Å²) in [6.45, 7) is 8.06. The summed E-state index contributed by atoms with van der Waals surface area (Å²) in [5.41, 5.74) is 0. The van der Waals surface area contributed by atoms with Crippen LogP contribution in [0.15, 0.2) is 0 Å². The zero-order valence-electron chi connectivity index (χ0n) is 15.2. The number of unbranched alkanes of at least 4 members (excludes halogenated alkanes) is 5. The smallest absolute Gasteiger partial charge is 0.102 e. The molecule has 0 N–H and O–H groups in total. The summed E-state index contributed by atoms with van der Waals surface area (Å²) in [5.74, 6) is 0. The van der Waals surface area contributed by atoms with Gasteiger partial charge in [0.15, 0.2) is 0 Å². The maximum Gasteiger partial charge on any atom is 0.102 e. The van der Waals surface area contributed by atoms with Crippen LogP contribution < -0.4 is 17.0 Å². The van der Waals surface area contributed by atoms with Gasteiger partial charge in [-0.05, 0) is 12.8 Å². The predicted molar refractivity (Wildman–Crippen MR) is 88.7 cm³/mol. The number of likely N-dealkylation sites (N-methyl/N-ethyl adjacent to an activating group) is 1. The molecule has 136 valence electrons. The molecule has 0 aliphatic rings. The molecule has 0 rings (SSSR count). The fourth-order valence-corrected chi connectivity index (χ4v) is 2.21. The van der Waals surface area contributed by atoms with Crippen LogP contribution >= 0.6 is 0 Å². The minimum Gasteiger partial charge on any atom is -1.00 e. The van der Waals surface area contributed by atoms with Crippen LogP contribution in [0.25, 0.3) is 0 Å². The van der Waals surface area contributed by atoms with Crippen molar-refractivity contribution in [3.63, 3.8) is 0 Å². The minimum absolute atomic E-state index is 0. The van der Waals surface area contributed by atoms with Crippen molar-refractivity contribution in [2.45, 2.75) is 45.4 Å². The Morgan fingerprint density at radius 1 is 0.682 bits per heavy atom. The van der Waals surface area contributed by atoms with Crippen LogP contribution in [0.2, 0.25) is 0 Å². The van der Waals surface area contributed by atoms with Crippen molar-refractivity contribution in [1.82, 2.24) is 0 Å². The lowest BCUT2D eigenvalue weighted by atomic mass is 10.1. The zero-order valence-corrected chi connectivity index (χ0v) is 16.8. The second kappa shape index (κ2) is 17.7. The summed E-state index contributed by atoms with van der Waals surface area (Å²) in [4.78, 5) is 0. The number of nitrogens with zero attached hydrogens (tertiary/aromatic N) is 1. The van der Waals surface area contributed by atoms with Gasteiger partial charge in [0.25, 0.3) is 0 Å². The standard InChI is InChI=1S/C17H38NO3.BrH/c1-5-6-7-8-9-10-11-18(2,3)12-13-20-16-17-21-15-14-19-4;/h5-17H2,1-4H3;1H/q+1;/p-1. The number of methoxy groups -OCH3 is 1. The Morgan fingerprint density at radius 3 is 1.86 bits per heavy atom. The Bertz CT molecular complexity index is 216. The summed E-state index contributed by atoms with van der Waals surface area (Å²) in [5, 5.41) is 0. The topological polar surface area (TPSA) is 27.7 Å². The molecule has 0 saturated carbocycles. The van der Waals surface area contributed by atoms with Crippen LogP contribution in [0, 0.1) is 0 Å². The molecule has 0 aromatic rings. The van der Waals surface area contributed by atoms with Crippen molar-refractivity contribution in [3.05, 3.63) is 0 Å². The highest BCUT2D eigenvalue weighted by Gasteiger charge is 2.13. The minimum atomic E-state index is 0. The third-order valence-electron chi connectivity index (χ3n) is 3.76. The van der Waals surface area contributed by atoms with Gasteiger partial charge < -0.3 is 35.7 Å². The molecule has 0 aromatic carbocycles. The SMILES string of the molecule is CCCCCCCC[N+](C)(C)CCOCCOCCOC.[Br-]. The molecule has 4 nitrogen and oxygen atoms in total. The molecule has 0 amide bonds. The molecule has 0 aliphatic carbocycles. The van der Waals surface area contributed by atoms with Crippen LogP contribution in [0.4, 0.5) is 0 Å². The number of quaternary nitrogens is 1. The van der Waals surface area contributed by atoms with Gasteiger partial charge in [-0.15, -0.1) is 0 Å². The maximum absolute atomic E-state index is 5.63. The first kappa shape index (κ1) is 24.6. The van der Waals surface area contributed by atoms with E-state index in [1.807, 2.05) is 0 Å². The van der Waals surface area contributed by atoms with Gasteiger partial charge in [-0.3, -0.25) is 0 Å². The van der Waals surface area contributed by atoms with E-state index in [1.165, 1.54) is 45.1 Å². The van der Waals surface area contributed by atoms with Gasteiger partial charge in [-0.25, -0.2) is 0 Å². The molecule has 0 aliphatic heterocycles.